The van der Waals surface area contributed by atoms with Crippen LogP contribution in [0.15, 0.2) is 24.3 Å². The average Bonchev–Trinajstić information content (AvgIpc) is 2.15. The van der Waals surface area contributed by atoms with Crippen LogP contribution in [0.25, 0.3) is 0 Å². The van der Waals surface area contributed by atoms with E-state index in [1.165, 1.54) is 0 Å². The molecule has 2 N–H and O–H groups in total. The Balaban J connectivity index is 2.37. The van der Waals surface area contributed by atoms with Crippen LogP contribution in [0.5, 0.6) is 0 Å². The zero-order chi connectivity index (χ0) is 6.69. The molecule has 0 spiro atoms. The fourth-order valence-electron chi connectivity index (χ4n) is 0.671. The lowest BCUT2D eigenvalue weighted by atomic mass is 10.3. The topological polar surface area (TPSA) is 49.3 Å². The van der Waals surface area contributed by atoms with E-state index in [4.69, 9.17) is 5.11 Å². The van der Waals surface area contributed by atoms with Gasteiger partial charge in [0.05, 0.1) is 6.04 Å². The van der Waals surface area contributed by atoms with Crippen molar-refractivity contribution in [2.45, 2.75) is 6.04 Å². The summed E-state index contributed by atoms with van der Waals surface area (Å²) in [5.41, 5.74) is 0. The Morgan fingerprint density at radius 2 is 2.00 bits per heavy atom. The molecule has 3 nitrogen and oxygen atoms in total. The predicted octanol–water partition coefficient (Wildman–Crippen LogP) is 0.749. The van der Waals surface area contributed by atoms with E-state index in [0.717, 1.165) is 0 Å². The SMILES string of the molecule is O=C(O)NC1C=CC=C1. The molecule has 0 aromatic heterocycles. The molecule has 3 heteroatoms. The third-order valence-electron chi connectivity index (χ3n) is 1.04. The highest BCUT2D eigenvalue weighted by molar-refractivity contribution is 5.65. The third kappa shape index (κ3) is 1.60. The lowest BCUT2D eigenvalue weighted by Gasteiger charge is -2.01. The van der Waals surface area contributed by atoms with Crippen LogP contribution in [0.2, 0.25) is 0 Å². The quantitative estimate of drug-likeness (QED) is 0.543. The van der Waals surface area contributed by atoms with Gasteiger partial charge in [0.25, 0.3) is 0 Å². The van der Waals surface area contributed by atoms with Gasteiger partial charge in [0.1, 0.15) is 0 Å². The van der Waals surface area contributed by atoms with Crippen LogP contribution in [-0.2, 0) is 0 Å². The van der Waals surface area contributed by atoms with Crippen LogP contribution in [0.4, 0.5) is 4.79 Å². The van der Waals surface area contributed by atoms with E-state index >= 15 is 0 Å². The van der Waals surface area contributed by atoms with Gasteiger partial charge in [-0.15, -0.1) is 0 Å². The first kappa shape index (κ1) is 5.88. The van der Waals surface area contributed by atoms with E-state index in [0.29, 0.717) is 0 Å². The number of nitrogens with one attached hydrogen (secondary N) is 1. The zero-order valence-electron chi connectivity index (χ0n) is 4.74. The first-order valence-electron chi connectivity index (χ1n) is 2.63. The molecular weight excluding hydrogens is 118 g/mol. The summed E-state index contributed by atoms with van der Waals surface area (Å²) in [6.07, 6.45) is 6.17. The van der Waals surface area contributed by atoms with Crippen LogP contribution in [0, 0.1) is 0 Å². The number of carboxylic acid groups (broad SMARTS) is 1. The molecule has 1 amide bonds. The average molecular weight is 125 g/mol. The normalized spacial score (nSPS) is 16.4. The Kier molecular flexibility index (Phi) is 1.53. The van der Waals surface area contributed by atoms with Gasteiger partial charge in [-0.05, 0) is 0 Å². The highest BCUT2D eigenvalue weighted by Gasteiger charge is 2.04. The highest BCUT2D eigenvalue weighted by Crippen LogP contribution is 1.97. The smallest absolute Gasteiger partial charge is 0.405 e. The van der Waals surface area contributed by atoms with Gasteiger partial charge in [-0.25, -0.2) is 4.79 Å². The van der Waals surface area contributed by atoms with E-state index < -0.39 is 6.09 Å². The van der Waals surface area contributed by atoms with Crippen LogP contribution in [0.3, 0.4) is 0 Å². The first-order valence-corrected chi connectivity index (χ1v) is 2.63. The Hall–Kier alpha value is -1.25. The maximum Gasteiger partial charge on any atom is 0.405 e. The second kappa shape index (κ2) is 2.35. The molecular formula is C6H7NO2. The molecule has 0 saturated carbocycles. The number of allylic oxidation sites excluding steroid dienone is 2. The van der Waals surface area contributed by atoms with Crippen molar-refractivity contribution < 1.29 is 9.90 Å². The van der Waals surface area contributed by atoms with E-state index in [2.05, 4.69) is 5.32 Å². The van der Waals surface area contributed by atoms with Crippen LogP contribution in [-0.4, -0.2) is 17.2 Å². The molecule has 9 heavy (non-hydrogen) atoms. The fourth-order valence-corrected chi connectivity index (χ4v) is 0.671. The minimum atomic E-state index is -0.990. The molecule has 0 atom stereocenters. The standard InChI is InChI=1S/C6H7NO2/c8-6(9)7-5-3-1-2-4-5/h1-5,7H,(H,8,9). The molecule has 0 heterocycles. The van der Waals surface area contributed by atoms with E-state index in [-0.39, 0.29) is 6.04 Å². The molecule has 1 aliphatic rings. The Morgan fingerprint density at radius 3 is 2.44 bits per heavy atom. The fraction of sp³-hybridized carbons (Fsp3) is 0.167. The second-order valence-electron chi connectivity index (χ2n) is 1.75. The predicted molar refractivity (Wildman–Crippen MR) is 33.2 cm³/mol. The van der Waals surface area contributed by atoms with E-state index in [9.17, 15) is 4.79 Å². The Bertz CT molecular complexity index is 160. The largest absolute Gasteiger partial charge is 0.465 e. The van der Waals surface area contributed by atoms with Gasteiger partial charge in [-0.3, -0.25) is 0 Å². The van der Waals surface area contributed by atoms with Crippen molar-refractivity contribution >= 4 is 6.09 Å². The molecule has 48 valence electrons. The number of hydrogen-bond acceptors (Lipinski definition) is 1. The number of rotatable bonds is 1. The van der Waals surface area contributed by atoms with Gasteiger partial charge in [0.15, 0.2) is 0 Å². The van der Waals surface area contributed by atoms with Crippen molar-refractivity contribution in [2.75, 3.05) is 0 Å². The third-order valence-corrected chi connectivity index (χ3v) is 1.04. The maximum absolute atomic E-state index is 9.98. The number of hydrogen-bond donors (Lipinski definition) is 2. The minimum Gasteiger partial charge on any atom is -0.465 e. The molecule has 0 aliphatic heterocycles. The summed E-state index contributed by atoms with van der Waals surface area (Å²) in [6.45, 7) is 0. The van der Waals surface area contributed by atoms with Crippen molar-refractivity contribution in [3.63, 3.8) is 0 Å². The molecule has 0 aromatic carbocycles. The summed E-state index contributed by atoms with van der Waals surface area (Å²) in [4.78, 5) is 9.98. The Labute approximate surface area is 52.7 Å². The second-order valence-corrected chi connectivity index (χ2v) is 1.75. The number of amides is 1. The molecule has 0 radical (unpaired) electrons. The molecule has 0 unspecified atom stereocenters. The van der Waals surface area contributed by atoms with Crippen LogP contribution >= 0.6 is 0 Å². The Morgan fingerprint density at radius 1 is 1.44 bits per heavy atom. The monoisotopic (exact) mass is 125 g/mol. The minimum absolute atomic E-state index is 0.123. The summed E-state index contributed by atoms with van der Waals surface area (Å²) in [6, 6.07) is -0.123. The van der Waals surface area contributed by atoms with Gasteiger partial charge in [-0.1, -0.05) is 24.3 Å². The summed E-state index contributed by atoms with van der Waals surface area (Å²) < 4.78 is 0. The van der Waals surface area contributed by atoms with Crippen molar-refractivity contribution in [3.05, 3.63) is 24.3 Å². The molecule has 0 aromatic rings. The van der Waals surface area contributed by atoms with Gasteiger partial charge < -0.3 is 10.4 Å². The van der Waals surface area contributed by atoms with Gasteiger partial charge in [0, 0.05) is 0 Å². The molecule has 0 bridgehead atoms. The highest BCUT2D eigenvalue weighted by atomic mass is 16.4. The first-order chi connectivity index (χ1) is 4.29. The lowest BCUT2D eigenvalue weighted by Crippen LogP contribution is -2.29. The van der Waals surface area contributed by atoms with Crippen molar-refractivity contribution in [1.82, 2.24) is 5.32 Å². The summed E-state index contributed by atoms with van der Waals surface area (Å²) in [5, 5.41) is 10.5. The maximum atomic E-state index is 9.98. The zero-order valence-corrected chi connectivity index (χ0v) is 4.74. The van der Waals surface area contributed by atoms with Gasteiger partial charge >= 0.3 is 6.09 Å². The molecule has 0 fully saturated rings. The molecule has 0 saturated heterocycles. The molecule has 1 aliphatic carbocycles. The van der Waals surface area contributed by atoms with Crippen molar-refractivity contribution in [1.29, 1.82) is 0 Å². The summed E-state index contributed by atoms with van der Waals surface area (Å²) >= 11 is 0. The van der Waals surface area contributed by atoms with Gasteiger partial charge in [0.2, 0.25) is 0 Å². The lowest BCUT2D eigenvalue weighted by molar-refractivity contribution is 0.194. The molecule has 1 rings (SSSR count). The number of carbonyl (C=O) groups is 1. The van der Waals surface area contributed by atoms with Crippen LogP contribution in [0.1, 0.15) is 0 Å². The van der Waals surface area contributed by atoms with E-state index in [1.807, 2.05) is 0 Å². The summed E-state index contributed by atoms with van der Waals surface area (Å²) in [7, 11) is 0. The van der Waals surface area contributed by atoms with Crippen molar-refractivity contribution in [2.24, 2.45) is 0 Å². The van der Waals surface area contributed by atoms with E-state index in [1.54, 1.807) is 24.3 Å². The summed E-state index contributed by atoms with van der Waals surface area (Å²) in [5.74, 6) is 0. The van der Waals surface area contributed by atoms with Crippen molar-refractivity contribution in [3.8, 4) is 0 Å². The van der Waals surface area contributed by atoms with Crippen LogP contribution < -0.4 is 5.32 Å². The van der Waals surface area contributed by atoms with Gasteiger partial charge in [-0.2, -0.15) is 0 Å².